The van der Waals surface area contributed by atoms with Crippen LogP contribution >= 0.6 is 0 Å². The number of anilines is 1. The van der Waals surface area contributed by atoms with Crippen molar-refractivity contribution in [2.45, 2.75) is 13.0 Å². The summed E-state index contributed by atoms with van der Waals surface area (Å²) in [5, 5.41) is 19.7. The number of nitrogens with zero attached hydrogens (tertiary/aromatic N) is 3. The van der Waals surface area contributed by atoms with E-state index < -0.39 is 16.7 Å². The summed E-state index contributed by atoms with van der Waals surface area (Å²) >= 11 is 0. The van der Waals surface area contributed by atoms with E-state index in [0.717, 1.165) is 6.07 Å². The first-order valence-electron chi connectivity index (χ1n) is 5.48. The second-order valence-corrected chi connectivity index (χ2v) is 4.05. The molecule has 19 heavy (non-hydrogen) atoms. The van der Waals surface area contributed by atoms with E-state index in [4.69, 9.17) is 9.84 Å². The van der Waals surface area contributed by atoms with Crippen LogP contribution in [-0.2, 0) is 4.74 Å². The van der Waals surface area contributed by atoms with Gasteiger partial charge in [0.15, 0.2) is 6.20 Å². The summed E-state index contributed by atoms with van der Waals surface area (Å²) in [6.45, 7) is 2.27. The van der Waals surface area contributed by atoms with Crippen LogP contribution in [0.15, 0.2) is 12.3 Å². The molecule has 0 spiro atoms. The molecule has 0 fully saturated rings. The van der Waals surface area contributed by atoms with Crippen molar-refractivity contribution in [2.24, 2.45) is 0 Å². The monoisotopic (exact) mass is 269 g/mol. The molecule has 0 aromatic carbocycles. The highest BCUT2D eigenvalue weighted by Gasteiger charge is 2.21. The van der Waals surface area contributed by atoms with Gasteiger partial charge in [-0.15, -0.1) is 0 Å². The van der Waals surface area contributed by atoms with Crippen LogP contribution in [0.2, 0.25) is 0 Å². The van der Waals surface area contributed by atoms with Gasteiger partial charge in [-0.25, -0.2) is 4.79 Å². The first-order chi connectivity index (χ1) is 8.86. The molecule has 1 heterocycles. The van der Waals surface area contributed by atoms with Crippen LogP contribution in [0.3, 0.4) is 0 Å². The van der Waals surface area contributed by atoms with Crippen LogP contribution in [0.25, 0.3) is 0 Å². The van der Waals surface area contributed by atoms with Crippen LogP contribution in [0.1, 0.15) is 17.3 Å². The molecule has 0 aliphatic heterocycles. The number of hydrogen-bond acceptors (Lipinski definition) is 6. The summed E-state index contributed by atoms with van der Waals surface area (Å²) in [7, 11) is 3.22. The SMILES string of the molecule is COC(C)CN(C)c1cnc([N+](=O)[O-])cc1C(=O)O. The van der Waals surface area contributed by atoms with E-state index in [2.05, 4.69) is 4.98 Å². The zero-order chi connectivity index (χ0) is 14.6. The molecule has 0 aliphatic rings. The van der Waals surface area contributed by atoms with E-state index in [1.807, 2.05) is 6.92 Å². The lowest BCUT2D eigenvalue weighted by atomic mass is 10.2. The van der Waals surface area contributed by atoms with Crippen molar-refractivity contribution in [2.75, 3.05) is 25.6 Å². The molecule has 8 heteroatoms. The summed E-state index contributed by atoms with van der Waals surface area (Å²) < 4.78 is 5.09. The molecule has 1 rings (SSSR count). The average molecular weight is 269 g/mol. The van der Waals surface area contributed by atoms with Gasteiger partial charge in [-0.05, 0) is 16.8 Å². The van der Waals surface area contributed by atoms with Gasteiger partial charge in [0.2, 0.25) is 0 Å². The second kappa shape index (κ2) is 6.10. The maximum Gasteiger partial charge on any atom is 0.364 e. The van der Waals surface area contributed by atoms with Gasteiger partial charge in [0, 0.05) is 20.7 Å². The van der Waals surface area contributed by atoms with Crippen LogP contribution in [-0.4, -0.2) is 47.8 Å². The third-order valence-electron chi connectivity index (χ3n) is 2.63. The predicted octanol–water partition coefficient (Wildman–Crippen LogP) is 1.16. The number of pyridine rings is 1. The zero-order valence-electron chi connectivity index (χ0n) is 10.9. The summed E-state index contributed by atoms with van der Waals surface area (Å²) in [4.78, 5) is 26.3. The van der Waals surface area contributed by atoms with Crippen molar-refractivity contribution in [3.8, 4) is 0 Å². The number of methoxy groups -OCH3 is 1. The Hall–Kier alpha value is -2.22. The summed E-state index contributed by atoms with van der Waals surface area (Å²) in [6, 6.07) is 0.950. The summed E-state index contributed by atoms with van der Waals surface area (Å²) in [6.07, 6.45) is 1.08. The minimum atomic E-state index is -1.24. The molecule has 0 aliphatic carbocycles. The highest BCUT2D eigenvalue weighted by molar-refractivity contribution is 5.94. The van der Waals surface area contributed by atoms with Crippen molar-refractivity contribution in [1.82, 2.24) is 4.98 Å². The van der Waals surface area contributed by atoms with Gasteiger partial charge in [0.25, 0.3) is 0 Å². The largest absolute Gasteiger partial charge is 0.478 e. The van der Waals surface area contributed by atoms with Crippen molar-refractivity contribution in [3.05, 3.63) is 27.9 Å². The minimum absolute atomic E-state index is 0.109. The Labute approximate surface area is 109 Å². The van der Waals surface area contributed by atoms with Gasteiger partial charge in [0.1, 0.15) is 0 Å². The van der Waals surface area contributed by atoms with Crippen molar-refractivity contribution < 1.29 is 19.6 Å². The van der Waals surface area contributed by atoms with Gasteiger partial charge in [-0.2, -0.15) is 0 Å². The Kier molecular flexibility index (Phi) is 4.76. The quantitative estimate of drug-likeness (QED) is 0.610. The van der Waals surface area contributed by atoms with Crippen LogP contribution in [0, 0.1) is 10.1 Å². The molecular weight excluding hydrogens is 254 g/mol. The Morgan fingerprint density at radius 2 is 2.32 bits per heavy atom. The summed E-state index contributed by atoms with van der Waals surface area (Å²) in [5.74, 6) is -1.73. The molecule has 0 radical (unpaired) electrons. The van der Waals surface area contributed by atoms with Gasteiger partial charge in [0.05, 0.1) is 23.4 Å². The Bertz CT molecular complexity index is 491. The van der Waals surface area contributed by atoms with E-state index in [-0.39, 0.29) is 11.7 Å². The van der Waals surface area contributed by atoms with E-state index >= 15 is 0 Å². The van der Waals surface area contributed by atoms with Gasteiger partial charge in [-0.1, -0.05) is 0 Å². The predicted molar refractivity (Wildman–Crippen MR) is 67.6 cm³/mol. The highest BCUT2D eigenvalue weighted by atomic mass is 16.6. The smallest absolute Gasteiger partial charge is 0.364 e. The fourth-order valence-electron chi connectivity index (χ4n) is 1.57. The molecule has 0 bridgehead atoms. The van der Waals surface area contributed by atoms with Crippen LogP contribution < -0.4 is 4.90 Å². The number of hydrogen-bond donors (Lipinski definition) is 1. The second-order valence-electron chi connectivity index (χ2n) is 4.05. The third-order valence-corrected chi connectivity index (χ3v) is 2.63. The normalized spacial score (nSPS) is 11.9. The lowest BCUT2D eigenvalue weighted by Gasteiger charge is -2.22. The molecule has 104 valence electrons. The van der Waals surface area contributed by atoms with Crippen LogP contribution in [0.4, 0.5) is 11.5 Å². The first kappa shape index (κ1) is 14.8. The number of carboxylic acids is 1. The number of aromatic nitrogens is 1. The Balaban J connectivity index is 3.12. The lowest BCUT2D eigenvalue weighted by Crippen LogP contribution is -2.29. The number of likely N-dealkylation sites (N-methyl/N-ethyl adjacent to an activating group) is 1. The van der Waals surface area contributed by atoms with E-state index in [1.165, 1.54) is 6.20 Å². The topological polar surface area (TPSA) is 106 Å². The minimum Gasteiger partial charge on any atom is -0.478 e. The van der Waals surface area contributed by atoms with E-state index in [1.54, 1.807) is 19.1 Å². The molecule has 1 aromatic heterocycles. The third kappa shape index (κ3) is 3.62. The molecule has 0 saturated carbocycles. The molecular formula is C11H15N3O5. The number of rotatable bonds is 6. The number of aromatic carboxylic acids is 1. The Morgan fingerprint density at radius 1 is 1.68 bits per heavy atom. The number of ether oxygens (including phenoxy) is 1. The molecule has 1 aromatic rings. The number of carboxylic acid groups (broad SMARTS) is 1. The molecule has 0 saturated heterocycles. The summed E-state index contributed by atoms with van der Waals surface area (Å²) in [5.41, 5.74) is 0.148. The zero-order valence-corrected chi connectivity index (χ0v) is 10.9. The lowest BCUT2D eigenvalue weighted by molar-refractivity contribution is -0.389. The maximum absolute atomic E-state index is 11.1. The fourth-order valence-corrected chi connectivity index (χ4v) is 1.57. The van der Waals surface area contributed by atoms with Gasteiger partial charge >= 0.3 is 11.8 Å². The maximum atomic E-state index is 11.1. The van der Waals surface area contributed by atoms with E-state index in [0.29, 0.717) is 12.2 Å². The highest BCUT2D eigenvalue weighted by Crippen LogP contribution is 2.22. The average Bonchev–Trinajstić information content (AvgIpc) is 2.37. The van der Waals surface area contributed by atoms with Crippen molar-refractivity contribution in [1.29, 1.82) is 0 Å². The Morgan fingerprint density at radius 3 is 2.79 bits per heavy atom. The van der Waals surface area contributed by atoms with Gasteiger partial charge in [-0.3, -0.25) is 0 Å². The number of nitro groups is 1. The fraction of sp³-hybridized carbons (Fsp3) is 0.455. The standard InChI is InChI=1S/C11H15N3O5/c1-7(19-3)6-13(2)9-5-12-10(14(17)18)4-8(9)11(15)16/h4-5,7H,6H2,1-3H3,(H,15,16). The molecule has 1 N–H and O–H groups in total. The molecule has 8 nitrogen and oxygen atoms in total. The van der Waals surface area contributed by atoms with Crippen molar-refractivity contribution in [3.63, 3.8) is 0 Å². The molecule has 0 amide bonds. The number of carbonyl (C=O) groups is 1. The van der Waals surface area contributed by atoms with E-state index in [9.17, 15) is 14.9 Å². The molecule has 1 unspecified atom stereocenters. The molecule has 1 atom stereocenters. The first-order valence-corrected chi connectivity index (χ1v) is 5.48. The van der Waals surface area contributed by atoms with Gasteiger partial charge < -0.3 is 24.9 Å². The van der Waals surface area contributed by atoms with Crippen LogP contribution in [0.5, 0.6) is 0 Å². The van der Waals surface area contributed by atoms with Crippen molar-refractivity contribution >= 4 is 17.5 Å².